The van der Waals surface area contributed by atoms with Gasteiger partial charge in [-0.2, -0.15) is 4.31 Å². The van der Waals surface area contributed by atoms with Gasteiger partial charge in [0.15, 0.2) is 9.84 Å². The topological polar surface area (TPSA) is 168 Å². The molecule has 0 saturated carbocycles. The van der Waals surface area contributed by atoms with Gasteiger partial charge in [-0.15, -0.1) is 0 Å². The summed E-state index contributed by atoms with van der Waals surface area (Å²) >= 11 is 0. The van der Waals surface area contributed by atoms with Gasteiger partial charge in [0.25, 0.3) is 0 Å². The summed E-state index contributed by atoms with van der Waals surface area (Å²) in [6.45, 7) is 2.03. The number of aromatic nitrogens is 1. The Morgan fingerprint density at radius 1 is 1.17 bits per heavy atom. The third kappa shape index (κ3) is 6.82. The third-order valence-electron chi connectivity index (χ3n) is 7.97. The summed E-state index contributed by atoms with van der Waals surface area (Å²) < 4.78 is 69.9. The number of sulfonamides is 1. The Kier molecular flexibility index (Phi) is 9.27. The maximum Gasteiger partial charge on any atom is 0.244 e. The lowest BCUT2D eigenvalue weighted by atomic mass is 9.88. The van der Waals surface area contributed by atoms with E-state index in [1.54, 1.807) is 18.2 Å². The second-order valence-electron chi connectivity index (χ2n) is 11.0. The van der Waals surface area contributed by atoms with E-state index in [0.717, 1.165) is 0 Å². The van der Waals surface area contributed by atoms with Crippen LogP contribution < -0.4 is 19.7 Å². The summed E-state index contributed by atoms with van der Waals surface area (Å²) in [7, 11) is -5.44. The summed E-state index contributed by atoms with van der Waals surface area (Å²) in [5, 5.41) is 22.7. The van der Waals surface area contributed by atoms with Crippen LogP contribution in [-0.4, -0.2) is 119 Å². The fourth-order valence-electron chi connectivity index (χ4n) is 5.50. The van der Waals surface area contributed by atoms with E-state index >= 15 is 0 Å². The van der Waals surface area contributed by atoms with Crippen molar-refractivity contribution in [3.8, 4) is 11.6 Å². The van der Waals surface area contributed by atoms with Crippen LogP contribution >= 0.6 is 0 Å². The summed E-state index contributed by atoms with van der Waals surface area (Å²) in [5.41, 5.74) is 0.240. The third-order valence-corrected chi connectivity index (χ3v) is 11.5. The minimum Gasteiger partial charge on any atom is -0.491 e. The monoisotopic (exact) mass is 626 g/mol. The number of ether oxygens (including phenoxy) is 3. The molecular weight excluding hydrogens is 588 g/mol. The van der Waals surface area contributed by atoms with Crippen LogP contribution in [0.4, 0.5) is 5.69 Å². The molecular formula is C27H38N4O9S2. The van der Waals surface area contributed by atoms with E-state index in [9.17, 15) is 21.9 Å². The smallest absolute Gasteiger partial charge is 0.244 e. The van der Waals surface area contributed by atoms with Gasteiger partial charge in [-0.25, -0.2) is 21.8 Å². The molecule has 0 aliphatic carbocycles. The number of aliphatic hydroxyl groups is 2. The Morgan fingerprint density at radius 2 is 1.95 bits per heavy atom. The van der Waals surface area contributed by atoms with Crippen LogP contribution in [-0.2, 0) is 24.6 Å². The van der Waals surface area contributed by atoms with Crippen molar-refractivity contribution in [1.82, 2.24) is 14.6 Å². The van der Waals surface area contributed by atoms with E-state index in [1.165, 1.54) is 22.6 Å². The van der Waals surface area contributed by atoms with Gasteiger partial charge in [-0.3, -0.25) is 0 Å². The van der Waals surface area contributed by atoms with Crippen molar-refractivity contribution in [2.45, 2.75) is 46.8 Å². The number of nitrogens with one attached hydrogen (secondary N) is 1. The average molecular weight is 627 g/mol. The first-order valence-electron chi connectivity index (χ1n) is 14.0. The molecule has 1 aromatic carbocycles. The lowest BCUT2D eigenvalue weighted by Gasteiger charge is -2.38. The first kappa shape index (κ1) is 30.9. The minimum atomic E-state index is -3.72. The predicted octanol–water partition coefficient (Wildman–Crippen LogP) is 0.0179. The van der Waals surface area contributed by atoms with E-state index in [2.05, 4.69) is 10.3 Å². The van der Waals surface area contributed by atoms with Gasteiger partial charge >= 0.3 is 0 Å². The zero-order valence-corrected chi connectivity index (χ0v) is 25.1. The van der Waals surface area contributed by atoms with Crippen LogP contribution in [0.1, 0.15) is 19.3 Å². The molecule has 42 heavy (non-hydrogen) atoms. The second-order valence-corrected chi connectivity index (χ2v) is 15.0. The van der Waals surface area contributed by atoms with Crippen LogP contribution in [0.25, 0.3) is 0 Å². The summed E-state index contributed by atoms with van der Waals surface area (Å²) in [4.78, 5) is 6.37. The van der Waals surface area contributed by atoms with Crippen molar-refractivity contribution < 1.29 is 41.3 Å². The number of benzene rings is 1. The molecule has 3 N–H and O–H groups in total. The van der Waals surface area contributed by atoms with Crippen LogP contribution in [0.2, 0.25) is 0 Å². The normalized spacial score (nSPS) is 21.6. The number of nitrogens with zero attached hydrogens (tertiary/aromatic N) is 3. The van der Waals surface area contributed by atoms with E-state index in [-0.39, 0.29) is 34.7 Å². The number of sulfone groups is 1. The largest absolute Gasteiger partial charge is 0.491 e. The molecule has 2 saturated heterocycles. The highest BCUT2D eigenvalue weighted by atomic mass is 32.2. The van der Waals surface area contributed by atoms with E-state index in [4.69, 9.17) is 19.3 Å². The van der Waals surface area contributed by atoms with E-state index in [0.29, 0.717) is 69.4 Å². The standard InChI is InChI=1S/C27H38N4O9S2/c1-30-9-11-38-26-25(30)14-24(17-29-26)42(36,37)31-7-5-27(6-8-31)15-20(18-40-27)28-16-21(33)19-39-22-3-2-4-23(13-22)41(34,35)12-10-32/h2-4,13-14,17,20-21,28,32-33H,5-12,15-16,18-19H2,1H3/t20-,21+/m1/s1. The first-order chi connectivity index (χ1) is 20.0. The van der Waals surface area contributed by atoms with Crippen molar-refractivity contribution in [2.75, 3.05) is 70.3 Å². The zero-order valence-electron chi connectivity index (χ0n) is 23.5. The Balaban J connectivity index is 1.08. The number of piperidine rings is 1. The van der Waals surface area contributed by atoms with Crippen molar-refractivity contribution >= 4 is 25.5 Å². The van der Waals surface area contributed by atoms with Crippen molar-refractivity contribution in [3.05, 3.63) is 36.5 Å². The van der Waals surface area contributed by atoms with Gasteiger partial charge < -0.3 is 34.6 Å². The molecule has 0 amide bonds. The van der Waals surface area contributed by atoms with Crippen molar-refractivity contribution in [2.24, 2.45) is 0 Å². The molecule has 0 bridgehead atoms. The van der Waals surface area contributed by atoms with Gasteiger partial charge in [-0.1, -0.05) is 6.07 Å². The number of likely N-dealkylation sites (N-methyl/N-ethyl adjacent to an activating group) is 1. The van der Waals surface area contributed by atoms with Crippen LogP contribution in [0.5, 0.6) is 11.6 Å². The van der Waals surface area contributed by atoms with Crippen molar-refractivity contribution in [3.63, 3.8) is 0 Å². The Morgan fingerprint density at radius 3 is 2.71 bits per heavy atom. The highest BCUT2D eigenvalue weighted by molar-refractivity contribution is 7.91. The maximum absolute atomic E-state index is 13.4. The second kappa shape index (κ2) is 12.6. The number of hydrogen-bond donors (Lipinski definition) is 3. The Bertz CT molecular complexity index is 1460. The molecule has 5 rings (SSSR count). The molecule has 0 radical (unpaired) electrons. The van der Waals surface area contributed by atoms with Gasteiger partial charge in [0, 0.05) is 32.7 Å². The Hall–Kier alpha value is -2.53. The highest BCUT2D eigenvalue weighted by Gasteiger charge is 2.45. The molecule has 13 nitrogen and oxygen atoms in total. The lowest BCUT2D eigenvalue weighted by Crippen LogP contribution is -2.47. The van der Waals surface area contributed by atoms with Crippen LogP contribution in [0, 0.1) is 0 Å². The molecule has 15 heteroatoms. The van der Waals surface area contributed by atoms with Gasteiger partial charge in [0.1, 0.15) is 35.7 Å². The number of fused-ring (bicyclic) bond motifs is 1. The SMILES string of the molecule is CN1CCOc2ncc(S(=O)(=O)N3CCC4(CC3)C[C@@H](NC[C@H](O)COc3cccc(S(=O)(=O)CCO)c3)CO4)cc21. The van der Waals surface area contributed by atoms with Crippen LogP contribution in [0.15, 0.2) is 46.3 Å². The molecule has 1 aromatic heterocycles. The van der Waals surface area contributed by atoms with Crippen LogP contribution in [0.3, 0.4) is 0 Å². The number of anilines is 1. The van der Waals surface area contributed by atoms with Gasteiger partial charge in [0.05, 0.1) is 42.2 Å². The predicted molar refractivity (Wildman–Crippen MR) is 153 cm³/mol. The molecule has 232 valence electrons. The molecule has 2 aromatic rings. The number of hydrogen-bond acceptors (Lipinski definition) is 12. The molecule has 0 unspecified atom stereocenters. The quantitative estimate of drug-likeness (QED) is 0.306. The molecule has 3 aliphatic rings. The Labute approximate surface area is 246 Å². The number of pyridine rings is 1. The maximum atomic E-state index is 13.4. The highest BCUT2D eigenvalue weighted by Crippen LogP contribution is 2.38. The van der Waals surface area contributed by atoms with E-state index < -0.39 is 38.2 Å². The molecule has 2 fully saturated rings. The zero-order chi connectivity index (χ0) is 30.0. The lowest BCUT2D eigenvalue weighted by molar-refractivity contribution is -0.0312. The van der Waals surface area contributed by atoms with E-state index in [1.807, 2.05) is 11.9 Å². The fourth-order valence-corrected chi connectivity index (χ4v) is 7.97. The fraction of sp³-hybridized carbons (Fsp3) is 0.593. The van der Waals surface area contributed by atoms with Gasteiger partial charge in [-0.05, 0) is 43.5 Å². The summed E-state index contributed by atoms with van der Waals surface area (Å²) in [6.07, 6.45) is 2.33. The van der Waals surface area contributed by atoms with Gasteiger partial charge in [0.2, 0.25) is 15.9 Å². The average Bonchev–Trinajstić information content (AvgIpc) is 3.37. The molecule has 2 atom stereocenters. The summed E-state index contributed by atoms with van der Waals surface area (Å²) in [5.74, 6) is 0.375. The minimum absolute atomic E-state index is 0.00450. The molecule has 3 aliphatic heterocycles. The number of aliphatic hydroxyl groups excluding tert-OH is 2. The number of rotatable bonds is 11. The molecule has 4 heterocycles. The first-order valence-corrected chi connectivity index (χ1v) is 17.1. The molecule has 1 spiro atoms. The van der Waals surface area contributed by atoms with Crippen molar-refractivity contribution in [1.29, 1.82) is 0 Å². The summed E-state index contributed by atoms with van der Waals surface area (Å²) in [6, 6.07) is 7.58.